The second kappa shape index (κ2) is 7.32. The third-order valence-corrected chi connectivity index (χ3v) is 3.95. The van der Waals surface area contributed by atoms with Crippen molar-refractivity contribution in [2.45, 2.75) is 26.3 Å². The van der Waals surface area contributed by atoms with Crippen LogP contribution in [0.3, 0.4) is 0 Å². The quantitative estimate of drug-likeness (QED) is 0.839. The molecule has 0 aromatic carbocycles. The molecule has 1 fully saturated rings. The maximum Gasteiger partial charge on any atom is 0.230 e. The molecular weight excluding hydrogens is 294 g/mol. The van der Waals surface area contributed by atoms with Gasteiger partial charge in [-0.3, -0.25) is 14.7 Å². The summed E-state index contributed by atoms with van der Waals surface area (Å²) >= 11 is 0. The van der Waals surface area contributed by atoms with Crippen molar-refractivity contribution in [2.75, 3.05) is 26.2 Å². The predicted octanol–water partition coefficient (Wildman–Crippen LogP) is 1.05. The average molecular weight is 315 g/mol. The predicted molar refractivity (Wildman–Crippen MR) is 83.5 cm³/mol. The number of hydrogen-bond acceptors (Lipinski definition) is 6. The van der Waals surface area contributed by atoms with E-state index in [1.54, 1.807) is 19.3 Å². The van der Waals surface area contributed by atoms with Crippen molar-refractivity contribution >= 4 is 5.91 Å². The van der Waals surface area contributed by atoms with Crippen LogP contribution >= 0.6 is 0 Å². The number of aryl methyl sites for hydroxylation is 1. The SMILES string of the molecule is Cc1nnc(CN2CCCN(C(=O)Cc3cccnc3)CC2)o1. The number of carbonyl (C=O) groups is 1. The Kier molecular flexibility index (Phi) is 4.97. The Labute approximate surface area is 135 Å². The first-order valence-corrected chi connectivity index (χ1v) is 7.89. The lowest BCUT2D eigenvalue weighted by atomic mass is 10.2. The van der Waals surface area contributed by atoms with E-state index in [0.29, 0.717) is 24.7 Å². The number of nitrogens with zero attached hydrogens (tertiary/aromatic N) is 5. The minimum Gasteiger partial charge on any atom is -0.424 e. The lowest BCUT2D eigenvalue weighted by molar-refractivity contribution is -0.130. The van der Waals surface area contributed by atoms with Crippen molar-refractivity contribution in [2.24, 2.45) is 0 Å². The molecule has 7 nitrogen and oxygen atoms in total. The van der Waals surface area contributed by atoms with Crippen molar-refractivity contribution in [1.82, 2.24) is 25.0 Å². The van der Waals surface area contributed by atoms with Crippen LogP contribution in [0.4, 0.5) is 0 Å². The molecule has 23 heavy (non-hydrogen) atoms. The van der Waals surface area contributed by atoms with Crippen LogP contribution in [0.5, 0.6) is 0 Å². The van der Waals surface area contributed by atoms with Gasteiger partial charge in [0, 0.05) is 45.5 Å². The fourth-order valence-electron chi connectivity index (χ4n) is 2.76. The highest BCUT2D eigenvalue weighted by Crippen LogP contribution is 2.10. The van der Waals surface area contributed by atoms with Gasteiger partial charge in [-0.25, -0.2) is 0 Å². The average Bonchev–Trinajstić information content (AvgIpc) is 2.82. The summed E-state index contributed by atoms with van der Waals surface area (Å²) in [5.74, 6) is 1.38. The summed E-state index contributed by atoms with van der Waals surface area (Å²) in [5, 5.41) is 7.89. The van der Waals surface area contributed by atoms with Crippen LogP contribution in [0.2, 0.25) is 0 Å². The van der Waals surface area contributed by atoms with Crippen LogP contribution in [-0.2, 0) is 17.8 Å². The topological polar surface area (TPSA) is 75.4 Å². The minimum absolute atomic E-state index is 0.161. The van der Waals surface area contributed by atoms with Crippen LogP contribution in [0, 0.1) is 6.92 Å². The highest BCUT2D eigenvalue weighted by molar-refractivity contribution is 5.78. The molecule has 1 aliphatic heterocycles. The van der Waals surface area contributed by atoms with Gasteiger partial charge < -0.3 is 9.32 Å². The second-order valence-electron chi connectivity index (χ2n) is 5.76. The lowest BCUT2D eigenvalue weighted by Gasteiger charge is -2.21. The Morgan fingerprint density at radius 1 is 1.26 bits per heavy atom. The Morgan fingerprint density at radius 3 is 2.91 bits per heavy atom. The van der Waals surface area contributed by atoms with Gasteiger partial charge in [0.2, 0.25) is 17.7 Å². The standard InChI is InChI=1S/C16H21N5O2/c1-13-18-19-15(23-13)12-20-6-3-7-21(9-8-20)16(22)10-14-4-2-5-17-11-14/h2,4-5,11H,3,6-10,12H2,1H3. The van der Waals surface area contributed by atoms with Gasteiger partial charge in [0.15, 0.2) is 0 Å². The molecule has 0 spiro atoms. The van der Waals surface area contributed by atoms with Crippen molar-refractivity contribution in [3.63, 3.8) is 0 Å². The van der Waals surface area contributed by atoms with Crippen LogP contribution < -0.4 is 0 Å². The van der Waals surface area contributed by atoms with Gasteiger partial charge in [0.1, 0.15) is 0 Å². The first-order chi connectivity index (χ1) is 11.2. The molecule has 0 aliphatic carbocycles. The fraction of sp³-hybridized carbons (Fsp3) is 0.500. The molecule has 1 saturated heterocycles. The zero-order chi connectivity index (χ0) is 16.1. The first-order valence-electron chi connectivity index (χ1n) is 7.89. The molecule has 2 aromatic rings. The number of rotatable bonds is 4. The maximum atomic E-state index is 12.4. The summed E-state index contributed by atoms with van der Waals surface area (Å²) < 4.78 is 5.43. The molecule has 3 heterocycles. The molecule has 1 amide bonds. The van der Waals surface area contributed by atoms with Gasteiger partial charge in [-0.1, -0.05) is 6.07 Å². The van der Waals surface area contributed by atoms with E-state index in [2.05, 4.69) is 20.1 Å². The summed E-state index contributed by atoms with van der Waals surface area (Å²) in [6.07, 6.45) is 4.83. The van der Waals surface area contributed by atoms with Gasteiger partial charge in [0.25, 0.3) is 0 Å². The third kappa shape index (κ3) is 4.35. The van der Waals surface area contributed by atoms with Gasteiger partial charge in [-0.15, -0.1) is 10.2 Å². The van der Waals surface area contributed by atoms with E-state index >= 15 is 0 Å². The summed E-state index contributed by atoms with van der Waals surface area (Å²) in [6.45, 7) is 5.70. The Balaban J connectivity index is 1.52. The van der Waals surface area contributed by atoms with E-state index in [1.807, 2.05) is 17.0 Å². The van der Waals surface area contributed by atoms with E-state index < -0.39 is 0 Å². The molecule has 1 aliphatic rings. The first kappa shape index (κ1) is 15.6. The zero-order valence-electron chi connectivity index (χ0n) is 13.3. The molecule has 2 aromatic heterocycles. The normalized spacial score (nSPS) is 16.3. The van der Waals surface area contributed by atoms with Crippen LogP contribution in [0.1, 0.15) is 23.8 Å². The number of aromatic nitrogens is 3. The number of amides is 1. The van der Waals surface area contributed by atoms with Gasteiger partial charge in [0.05, 0.1) is 13.0 Å². The smallest absolute Gasteiger partial charge is 0.230 e. The van der Waals surface area contributed by atoms with Gasteiger partial charge in [-0.05, 0) is 18.1 Å². The van der Waals surface area contributed by atoms with E-state index in [4.69, 9.17) is 4.42 Å². The highest BCUT2D eigenvalue weighted by atomic mass is 16.4. The Bertz CT molecular complexity index is 643. The molecule has 0 radical (unpaired) electrons. The lowest BCUT2D eigenvalue weighted by Crippen LogP contribution is -2.36. The summed E-state index contributed by atoms with van der Waals surface area (Å²) in [5.41, 5.74) is 0.958. The highest BCUT2D eigenvalue weighted by Gasteiger charge is 2.20. The minimum atomic E-state index is 0.161. The van der Waals surface area contributed by atoms with Crippen molar-refractivity contribution < 1.29 is 9.21 Å². The Morgan fingerprint density at radius 2 is 2.17 bits per heavy atom. The number of carbonyl (C=O) groups excluding carboxylic acids is 1. The molecule has 0 saturated carbocycles. The fourth-order valence-corrected chi connectivity index (χ4v) is 2.76. The molecule has 3 rings (SSSR count). The summed E-state index contributed by atoms with van der Waals surface area (Å²) in [6, 6.07) is 3.80. The van der Waals surface area contributed by atoms with Crippen molar-refractivity contribution in [3.8, 4) is 0 Å². The Hall–Kier alpha value is -2.28. The number of pyridine rings is 1. The zero-order valence-corrected chi connectivity index (χ0v) is 13.3. The van der Waals surface area contributed by atoms with Crippen LogP contribution in [0.25, 0.3) is 0 Å². The van der Waals surface area contributed by atoms with E-state index in [9.17, 15) is 4.79 Å². The summed E-state index contributed by atoms with van der Waals surface area (Å²) in [7, 11) is 0. The van der Waals surface area contributed by atoms with Crippen LogP contribution in [-0.4, -0.2) is 57.1 Å². The van der Waals surface area contributed by atoms with Crippen LogP contribution in [0.15, 0.2) is 28.9 Å². The van der Waals surface area contributed by atoms with Gasteiger partial charge >= 0.3 is 0 Å². The molecule has 7 heteroatoms. The maximum absolute atomic E-state index is 12.4. The number of hydrogen-bond donors (Lipinski definition) is 0. The second-order valence-corrected chi connectivity index (χ2v) is 5.76. The monoisotopic (exact) mass is 315 g/mol. The molecule has 0 bridgehead atoms. The van der Waals surface area contributed by atoms with Crippen molar-refractivity contribution in [1.29, 1.82) is 0 Å². The summed E-state index contributed by atoms with van der Waals surface area (Å²) in [4.78, 5) is 20.7. The largest absolute Gasteiger partial charge is 0.424 e. The molecule has 122 valence electrons. The molecule has 0 unspecified atom stereocenters. The van der Waals surface area contributed by atoms with Crippen molar-refractivity contribution in [3.05, 3.63) is 41.9 Å². The third-order valence-electron chi connectivity index (χ3n) is 3.95. The molecule has 0 atom stereocenters. The molecular formula is C16H21N5O2. The molecule has 0 N–H and O–H groups in total. The van der Waals surface area contributed by atoms with E-state index in [1.165, 1.54) is 0 Å². The van der Waals surface area contributed by atoms with Gasteiger partial charge in [-0.2, -0.15) is 0 Å². The van der Waals surface area contributed by atoms with E-state index in [-0.39, 0.29) is 5.91 Å². The van der Waals surface area contributed by atoms with E-state index in [0.717, 1.165) is 38.2 Å².